The second-order valence-electron chi connectivity index (χ2n) is 11.9. The van der Waals surface area contributed by atoms with Crippen molar-refractivity contribution in [1.82, 2.24) is 26.6 Å². The number of aliphatic hydroxyl groups is 2. The highest BCUT2D eigenvalue weighted by Crippen LogP contribution is 2.43. The van der Waals surface area contributed by atoms with Gasteiger partial charge in [-0.05, 0) is 37.3 Å². The molecule has 5 atom stereocenters. The Morgan fingerprint density at radius 1 is 1.27 bits per heavy atom. The van der Waals surface area contributed by atoms with Crippen molar-refractivity contribution in [3.8, 4) is 5.75 Å². The molecule has 5 aliphatic rings. The fraction of sp³-hybridized carbons (Fsp3) is 0.615. The van der Waals surface area contributed by atoms with E-state index in [1.807, 2.05) is 6.07 Å². The number of fused-ring (bicyclic) bond motifs is 1. The first-order chi connectivity index (χ1) is 19.0. The normalized spacial score (nSPS) is 33.0. The van der Waals surface area contributed by atoms with Gasteiger partial charge in [0.2, 0.25) is 17.4 Å². The van der Waals surface area contributed by atoms with Gasteiger partial charge in [-0.2, -0.15) is 0 Å². The molecule has 1 aromatic rings. The van der Waals surface area contributed by atoms with Gasteiger partial charge in [-0.1, -0.05) is 26.0 Å². The van der Waals surface area contributed by atoms with Gasteiger partial charge >= 0.3 is 5.96 Å². The Hall–Kier alpha value is -3.62. The van der Waals surface area contributed by atoms with Crippen LogP contribution in [0.15, 0.2) is 23.2 Å². The van der Waals surface area contributed by atoms with Gasteiger partial charge in [0.05, 0.1) is 31.3 Å². The SMILES string of the molecule is CC1(C)CCOc2c(C(=O)NC3C[N+]4=C(N)N[C@@H](CNC(=O)[C@H]5CCCN5)[C@@H]5N=C(N)N[C@@]54C3(O)O)cccc21. The van der Waals surface area contributed by atoms with Gasteiger partial charge in [-0.3, -0.25) is 20.6 Å². The molecule has 0 bridgehead atoms. The fourth-order valence-electron chi connectivity index (χ4n) is 6.75. The third kappa shape index (κ3) is 3.88. The van der Waals surface area contributed by atoms with Gasteiger partial charge in [-0.25, -0.2) is 9.57 Å². The molecule has 1 spiro atoms. The van der Waals surface area contributed by atoms with Crippen LogP contribution in [-0.4, -0.2) is 100 Å². The summed E-state index contributed by atoms with van der Waals surface area (Å²) in [5, 5.41) is 38.4. The quantitative estimate of drug-likeness (QED) is 0.130. The second-order valence-corrected chi connectivity index (χ2v) is 11.9. The molecule has 0 radical (unpaired) electrons. The smallest absolute Gasteiger partial charge is 0.346 e. The minimum atomic E-state index is -2.56. The Bertz CT molecular complexity index is 1310. The zero-order valence-corrected chi connectivity index (χ0v) is 22.7. The standard InChI is InChI=1S/C26H37N9O5/c1-24(2)8-10-40-18-13(5-3-6-14(18)24)20(36)32-17-12-35-23(28)31-16(11-30-21(37)15-7-4-9-29-15)19-25(35,26(17,38)39)34-22(27)33-19/h3,5-6,15-17,19,29,38-39H,4,7-12H2,1-2H3,(H7,27,28,30,31,32,33,34,36,37)/p+1/t15-,16+,17?,19+,25+/m1/s1. The summed E-state index contributed by atoms with van der Waals surface area (Å²) in [5.74, 6) is -2.59. The molecule has 5 heterocycles. The number of nitrogens with zero attached hydrogens (tertiary/aromatic N) is 2. The lowest BCUT2D eigenvalue weighted by Crippen LogP contribution is -2.79. The number of nitrogens with two attached hydrogens (primary N) is 2. The van der Waals surface area contributed by atoms with E-state index in [-0.39, 0.29) is 42.4 Å². The number of benzene rings is 1. The van der Waals surface area contributed by atoms with Crippen LogP contribution in [0.2, 0.25) is 0 Å². The highest BCUT2D eigenvalue weighted by atomic mass is 16.5. The van der Waals surface area contributed by atoms with Crippen molar-refractivity contribution in [2.75, 3.05) is 26.2 Å². The first-order valence-corrected chi connectivity index (χ1v) is 13.8. The Balaban J connectivity index is 1.26. The fourth-order valence-corrected chi connectivity index (χ4v) is 6.75. The van der Waals surface area contributed by atoms with E-state index in [0.717, 1.165) is 31.4 Å². The van der Waals surface area contributed by atoms with Gasteiger partial charge in [0.25, 0.3) is 5.91 Å². The molecule has 40 heavy (non-hydrogen) atoms. The summed E-state index contributed by atoms with van der Waals surface area (Å²) in [5.41, 5.74) is 11.9. The number of para-hydroxylation sites is 1. The van der Waals surface area contributed by atoms with Crippen molar-refractivity contribution < 1.29 is 29.1 Å². The minimum absolute atomic E-state index is 0.00695. The van der Waals surface area contributed by atoms with E-state index in [0.29, 0.717) is 17.9 Å². The molecule has 14 heteroatoms. The van der Waals surface area contributed by atoms with Crippen LogP contribution in [-0.2, 0) is 10.2 Å². The van der Waals surface area contributed by atoms with E-state index in [9.17, 15) is 19.8 Å². The van der Waals surface area contributed by atoms with Crippen LogP contribution < -0.4 is 42.8 Å². The Morgan fingerprint density at radius 2 is 2.08 bits per heavy atom. The predicted octanol–water partition coefficient (Wildman–Crippen LogP) is -3.31. The van der Waals surface area contributed by atoms with Gasteiger partial charge in [0.15, 0.2) is 5.96 Å². The molecule has 14 nitrogen and oxygen atoms in total. The Morgan fingerprint density at radius 3 is 2.83 bits per heavy atom. The first-order valence-electron chi connectivity index (χ1n) is 13.8. The minimum Gasteiger partial charge on any atom is -0.492 e. The number of hydrogen-bond donors (Lipinski definition) is 9. The van der Waals surface area contributed by atoms with Crippen molar-refractivity contribution in [2.24, 2.45) is 16.5 Å². The molecule has 216 valence electrons. The molecule has 2 fully saturated rings. The van der Waals surface area contributed by atoms with E-state index < -0.39 is 35.5 Å². The predicted molar refractivity (Wildman–Crippen MR) is 145 cm³/mol. The lowest BCUT2D eigenvalue weighted by Gasteiger charge is -2.43. The molecule has 0 saturated carbocycles. The third-order valence-corrected chi connectivity index (χ3v) is 9.01. The Labute approximate surface area is 231 Å². The molecule has 2 saturated heterocycles. The molecule has 0 aliphatic carbocycles. The van der Waals surface area contributed by atoms with Gasteiger partial charge < -0.3 is 42.0 Å². The number of aliphatic imine (C=N–C) groups is 1. The van der Waals surface area contributed by atoms with Crippen LogP contribution >= 0.6 is 0 Å². The molecule has 6 rings (SSSR count). The van der Waals surface area contributed by atoms with Crippen molar-refractivity contribution >= 4 is 23.7 Å². The first kappa shape index (κ1) is 26.6. The van der Waals surface area contributed by atoms with Crippen molar-refractivity contribution in [2.45, 2.75) is 74.1 Å². The lowest BCUT2D eigenvalue weighted by molar-refractivity contribution is -0.623. The van der Waals surface area contributed by atoms with Crippen molar-refractivity contribution in [3.63, 3.8) is 0 Å². The average Bonchev–Trinajstić information content (AvgIpc) is 3.61. The topological polar surface area (TPSA) is 211 Å². The number of carbonyl (C=O) groups excluding carboxylic acids is 2. The monoisotopic (exact) mass is 556 g/mol. The van der Waals surface area contributed by atoms with E-state index in [1.165, 1.54) is 4.58 Å². The zero-order valence-electron chi connectivity index (χ0n) is 22.7. The maximum absolute atomic E-state index is 13.6. The highest BCUT2D eigenvalue weighted by Gasteiger charge is 2.75. The van der Waals surface area contributed by atoms with Gasteiger partial charge in [0.1, 0.15) is 23.9 Å². The van der Waals surface area contributed by atoms with E-state index in [2.05, 4.69) is 45.4 Å². The highest BCUT2D eigenvalue weighted by molar-refractivity contribution is 5.98. The summed E-state index contributed by atoms with van der Waals surface area (Å²) >= 11 is 0. The van der Waals surface area contributed by atoms with Crippen molar-refractivity contribution in [3.05, 3.63) is 29.3 Å². The number of carbonyl (C=O) groups is 2. The molecular formula is C26H38N9O5+. The zero-order chi connectivity index (χ0) is 28.4. The number of nitrogens with one attached hydrogen (secondary N) is 5. The van der Waals surface area contributed by atoms with Gasteiger partial charge in [-0.15, -0.1) is 0 Å². The lowest BCUT2D eigenvalue weighted by atomic mass is 9.79. The summed E-state index contributed by atoms with van der Waals surface area (Å²) in [6.45, 7) is 5.53. The summed E-state index contributed by atoms with van der Waals surface area (Å²) in [6.07, 6.45) is 2.49. The van der Waals surface area contributed by atoms with Crippen LogP contribution in [0, 0.1) is 0 Å². The number of amides is 2. The summed E-state index contributed by atoms with van der Waals surface area (Å²) < 4.78 is 7.43. The summed E-state index contributed by atoms with van der Waals surface area (Å²) in [4.78, 5) is 30.7. The summed E-state index contributed by atoms with van der Waals surface area (Å²) in [7, 11) is 0. The molecule has 2 amide bonds. The number of rotatable bonds is 5. The van der Waals surface area contributed by atoms with Crippen LogP contribution in [0.3, 0.4) is 0 Å². The molecule has 0 aromatic heterocycles. The third-order valence-electron chi connectivity index (χ3n) is 9.01. The molecule has 1 unspecified atom stereocenters. The number of guanidine groups is 2. The van der Waals surface area contributed by atoms with Gasteiger partial charge in [0, 0.05) is 5.56 Å². The van der Waals surface area contributed by atoms with E-state index in [4.69, 9.17) is 16.2 Å². The van der Waals surface area contributed by atoms with Crippen LogP contribution in [0.1, 0.15) is 49.0 Å². The maximum Gasteiger partial charge on any atom is 0.346 e. The second kappa shape index (κ2) is 9.21. The van der Waals surface area contributed by atoms with E-state index in [1.54, 1.807) is 12.1 Å². The average molecular weight is 557 g/mol. The maximum atomic E-state index is 13.6. The number of hydrogen-bond acceptors (Lipinski definition) is 11. The summed E-state index contributed by atoms with van der Waals surface area (Å²) in [6, 6.07) is 2.47. The van der Waals surface area contributed by atoms with Crippen LogP contribution in [0.5, 0.6) is 5.75 Å². The van der Waals surface area contributed by atoms with Crippen LogP contribution in [0.25, 0.3) is 0 Å². The van der Waals surface area contributed by atoms with E-state index >= 15 is 0 Å². The number of ether oxygens (including phenoxy) is 1. The Kier molecular flexibility index (Phi) is 6.12. The molecule has 1 aromatic carbocycles. The largest absolute Gasteiger partial charge is 0.492 e. The van der Waals surface area contributed by atoms with Crippen LogP contribution in [0.4, 0.5) is 0 Å². The molecule has 11 N–H and O–H groups in total. The molecular weight excluding hydrogens is 518 g/mol. The molecule has 5 aliphatic heterocycles. The van der Waals surface area contributed by atoms with Crippen molar-refractivity contribution in [1.29, 1.82) is 0 Å².